The summed E-state index contributed by atoms with van der Waals surface area (Å²) in [5.74, 6) is -7.15. The molecule has 10 atom stereocenters. The molecule has 0 aromatic heterocycles. The lowest BCUT2D eigenvalue weighted by molar-refractivity contribution is -0.357. The van der Waals surface area contributed by atoms with E-state index in [1.807, 2.05) is 0 Å². The maximum absolute atomic E-state index is 12.3. The Morgan fingerprint density at radius 3 is 1.50 bits per heavy atom. The zero-order chi connectivity index (χ0) is 35.4. The SMILES string of the molecule is [2H]CC(=O)OC[C@H]1OC(O)[C@H](OC(=O)C[2H])[C@@H](OC(=O)C[2H])[C@@H]1O[C@@H]1O[C@H](COC(C)=O)[C@@H](OC(C)=O)[C@H](OC(C)=O)[C@H]1OC(C)=O. The van der Waals surface area contributed by atoms with Crippen LogP contribution in [0, 0.1) is 0 Å². The summed E-state index contributed by atoms with van der Waals surface area (Å²) in [4.78, 5) is 84.3. The predicted molar refractivity (Wildman–Crippen MR) is 135 cm³/mol. The molecule has 0 radical (unpaired) electrons. The lowest BCUT2D eigenvalue weighted by Gasteiger charge is -2.48. The number of hydrogen-bond acceptors (Lipinski definition) is 18. The van der Waals surface area contributed by atoms with Crippen LogP contribution in [-0.2, 0) is 80.9 Å². The average Bonchev–Trinajstić information content (AvgIpc) is 2.99. The van der Waals surface area contributed by atoms with E-state index in [-0.39, 0.29) is 0 Å². The topological polar surface area (TPSA) is 232 Å². The van der Waals surface area contributed by atoms with Crippen LogP contribution in [0.1, 0.15) is 52.5 Å². The van der Waals surface area contributed by atoms with E-state index in [1.165, 1.54) is 0 Å². The van der Waals surface area contributed by atoms with Crippen molar-refractivity contribution in [1.29, 1.82) is 0 Å². The van der Waals surface area contributed by atoms with Crippen LogP contribution < -0.4 is 0 Å². The summed E-state index contributed by atoms with van der Waals surface area (Å²) in [7, 11) is 0. The lowest BCUT2D eigenvalue weighted by Crippen LogP contribution is -2.67. The zero-order valence-electron chi connectivity index (χ0n) is 27.2. The molecule has 44 heavy (non-hydrogen) atoms. The monoisotopic (exact) mass is 639 g/mol. The third kappa shape index (κ3) is 10.7. The second-order valence-corrected chi connectivity index (χ2v) is 9.33. The second-order valence-electron chi connectivity index (χ2n) is 9.33. The minimum atomic E-state index is -2.09. The molecular formula is C26H36O18. The highest BCUT2D eigenvalue weighted by atomic mass is 16.8. The first-order chi connectivity index (χ1) is 22.1. The molecule has 0 aromatic rings. The Balaban J connectivity index is 2.70. The summed E-state index contributed by atoms with van der Waals surface area (Å²) in [5, 5.41) is 10.7. The molecular weight excluding hydrogens is 600 g/mol. The highest BCUT2D eigenvalue weighted by Gasteiger charge is 2.57. The van der Waals surface area contributed by atoms with Gasteiger partial charge in [-0.15, -0.1) is 0 Å². The van der Waals surface area contributed by atoms with Gasteiger partial charge in [-0.3, -0.25) is 33.6 Å². The quantitative estimate of drug-likeness (QED) is 0.202. The van der Waals surface area contributed by atoms with Crippen molar-refractivity contribution in [2.75, 3.05) is 13.2 Å². The molecule has 2 fully saturated rings. The van der Waals surface area contributed by atoms with E-state index in [1.54, 1.807) is 0 Å². The molecule has 18 heteroatoms. The van der Waals surface area contributed by atoms with E-state index in [9.17, 15) is 38.7 Å². The van der Waals surface area contributed by atoms with Gasteiger partial charge in [0.25, 0.3) is 0 Å². The van der Waals surface area contributed by atoms with Gasteiger partial charge >= 0.3 is 41.8 Å². The molecule has 2 aliphatic rings. The predicted octanol–water partition coefficient (Wildman–Crippen LogP) is -1.40. The molecule has 0 bridgehead atoms. The van der Waals surface area contributed by atoms with Gasteiger partial charge in [0.05, 0.1) is 0 Å². The van der Waals surface area contributed by atoms with Gasteiger partial charge in [0.15, 0.2) is 43.1 Å². The van der Waals surface area contributed by atoms with E-state index in [0.29, 0.717) is 0 Å². The van der Waals surface area contributed by atoms with Crippen LogP contribution in [0.15, 0.2) is 0 Å². The minimum absolute atomic E-state index is 0.636. The minimum Gasteiger partial charge on any atom is -0.463 e. The zero-order valence-corrected chi connectivity index (χ0v) is 24.2. The Morgan fingerprint density at radius 2 is 0.977 bits per heavy atom. The highest BCUT2D eigenvalue weighted by Crippen LogP contribution is 2.34. The maximum Gasteiger partial charge on any atom is 0.303 e. The molecule has 1 unspecified atom stereocenters. The molecule has 0 aromatic carbocycles. The van der Waals surface area contributed by atoms with Gasteiger partial charge < -0.3 is 52.5 Å². The fourth-order valence-electron chi connectivity index (χ4n) is 4.39. The Kier molecular flexibility index (Phi) is 11.7. The van der Waals surface area contributed by atoms with Crippen molar-refractivity contribution in [1.82, 2.24) is 0 Å². The number of carbonyl (C=O) groups is 7. The van der Waals surface area contributed by atoms with Gasteiger partial charge in [0.2, 0.25) is 0 Å². The number of hydrogen-bond donors (Lipinski definition) is 1. The molecule has 2 saturated heterocycles. The number of ether oxygens (including phenoxy) is 10. The first-order valence-corrected chi connectivity index (χ1v) is 12.8. The van der Waals surface area contributed by atoms with E-state index in [0.717, 1.165) is 27.7 Å². The van der Waals surface area contributed by atoms with Crippen molar-refractivity contribution >= 4 is 41.8 Å². The molecule has 1 N–H and O–H groups in total. The van der Waals surface area contributed by atoms with Crippen LogP contribution in [0.5, 0.6) is 0 Å². The summed E-state index contributed by atoms with van der Waals surface area (Å²) in [6, 6.07) is 0. The van der Waals surface area contributed by atoms with E-state index >= 15 is 0 Å². The van der Waals surface area contributed by atoms with Crippen LogP contribution in [0.4, 0.5) is 0 Å². The number of aliphatic hydroxyl groups is 1. The van der Waals surface area contributed by atoms with Crippen molar-refractivity contribution < 1.29 is 90.1 Å². The summed E-state index contributed by atoms with van der Waals surface area (Å²) < 4.78 is 75.6. The summed E-state index contributed by atoms with van der Waals surface area (Å²) >= 11 is 0. The fraction of sp³-hybridized carbons (Fsp3) is 0.731. The fourth-order valence-corrected chi connectivity index (χ4v) is 4.39. The maximum atomic E-state index is 12.3. The number of esters is 7. The lowest BCUT2D eigenvalue weighted by atomic mass is 9.96. The summed E-state index contributed by atoms with van der Waals surface area (Å²) in [6.45, 7) is -0.158. The molecule has 18 nitrogen and oxygen atoms in total. The van der Waals surface area contributed by atoms with Crippen LogP contribution in [0.25, 0.3) is 0 Å². The summed E-state index contributed by atoms with van der Waals surface area (Å²) in [6.07, 6.45) is -17.8. The molecule has 2 heterocycles. The van der Waals surface area contributed by atoms with E-state index in [4.69, 9.17) is 51.5 Å². The van der Waals surface area contributed by atoms with E-state index < -0.39 is 137 Å². The van der Waals surface area contributed by atoms with Crippen molar-refractivity contribution in [3.63, 3.8) is 0 Å². The van der Waals surface area contributed by atoms with Gasteiger partial charge in [0, 0.05) is 52.5 Å². The molecule has 0 amide bonds. The van der Waals surface area contributed by atoms with Gasteiger partial charge in [-0.25, -0.2) is 0 Å². The van der Waals surface area contributed by atoms with Gasteiger partial charge in [-0.2, -0.15) is 0 Å². The molecule has 2 rings (SSSR count). The van der Waals surface area contributed by atoms with Crippen LogP contribution in [0.2, 0.25) is 0 Å². The third-order valence-electron chi connectivity index (χ3n) is 5.79. The van der Waals surface area contributed by atoms with Crippen molar-refractivity contribution in [3.8, 4) is 0 Å². The van der Waals surface area contributed by atoms with Crippen molar-refractivity contribution in [3.05, 3.63) is 0 Å². The molecule has 248 valence electrons. The summed E-state index contributed by atoms with van der Waals surface area (Å²) in [5.41, 5.74) is 0. The van der Waals surface area contributed by atoms with Crippen molar-refractivity contribution in [2.24, 2.45) is 0 Å². The largest absolute Gasteiger partial charge is 0.463 e. The molecule has 0 aliphatic carbocycles. The smallest absolute Gasteiger partial charge is 0.303 e. The van der Waals surface area contributed by atoms with Crippen LogP contribution in [0.3, 0.4) is 0 Å². The van der Waals surface area contributed by atoms with Crippen molar-refractivity contribution in [2.45, 2.75) is 110 Å². The number of rotatable bonds is 11. The molecule has 2 aliphatic heterocycles. The van der Waals surface area contributed by atoms with Gasteiger partial charge in [-0.1, -0.05) is 0 Å². The Hall–Kier alpha value is -3.87. The molecule has 0 spiro atoms. The van der Waals surface area contributed by atoms with Crippen LogP contribution >= 0.6 is 0 Å². The average molecular weight is 640 g/mol. The Bertz CT molecular complexity index is 1150. The highest BCUT2D eigenvalue weighted by molar-refractivity contribution is 5.69. The number of aliphatic hydroxyl groups excluding tert-OH is 1. The van der Waals surface area contributed by atoms with Gasteiger partial charge in [-0.05, 0) is 0 Å². The molecule has 0 saturated carbocycles. The van der Waals surface area contributed by atoms with E-state index in [2.05, 4.69) is 0 Å². The first kappa shape index (κ1) is 31.6. The Morgan fingerprint density at radius 1 is 0.545 bits per heavy atom. The van der Waals surface area contributed by atoms with Gasteiger partial charge in [0.1, 0.15) is 31.5 Å². The third-order valence-corrected chi connectivity index (χ3v) is 5.79. The number of carbonyl (C=O) groups excluding carboxylic acids is 7. The Labute approximate surface area is 255 Å². The standard InChI is InChI=1S/C26H36O18/c1-10(27)35-8-17-20(21(38-13(4)30)23(25(34)42-17)40-15(6)32)44-26-24(41-16(7)33)22(39-14(5)31)19(37-12(3)29)18(43-26)9-36-11(2)28/h17-26,34H,8-9H2,1-7H3/t17-,18-,19-,20-,21+,22+,23-,24-,25?,26+/m1/s1/i1D,4D,6D. The van der Waals surface area contributed by atoms with Crippen LogP contribution in [-0.4, -0.2) is 122 Å². The second kappa shape index (κ2) is 16.3. The first-order valence-electron chi connectivity index (χ1n) is 15.0. The normalized spacial score (nSPS) is 32.3.